The summed E-state index contributed by atoms with van der Waals surface area (Å²) < 4.78 is 11.1. The molecular weight excluding hydrogens is 364 g/mol. The van der Waals surface area contributed by atoms with Crippen LogP contribution in [-0.2, 0) is 19.1 Å². The SMILES string of the molecule is C=C1CCC2[C@H](CC)C([C@@]3(C)CC[C@H](OC(C)=O)C[C@@H]3COC(C)=O)CC[C@]12C. The minimum absolute atomic E-state index is 0.0543. The number of ether oxygens (including phenoxy) is 2. The fourth-order valence-corrected chi connectivity index (χ4v) is 7.27. The first-order chi connectivity index (χ1) is 13.6. The van der Waals surface area contributed by atoms with Gasteiger partial charge in [-0.1, -0.05) is 39.3 Å². The molecule has 0 radical (unpaired) electrons. The predicted octanol–water partition coefficient (Wildman–Crippen LogP) is 5.70. The number of fused-ring (bicyclic) bond motifs is 1. The molecule has 29 heavy (non-hydrogen) atoms. The van der Waals surface area contributed by atoms with Crippen molar-refractivity contribution in [3.8, 4) is 0 Å². The molecule has 0 heterocycles. The highest BCUT2D eigenvalue weighted by Gasteiger charge is 2.56. The van der Waals surface area contributed by atoms with Crippen LogP contribution in [0.5, 0.6) is 0 Å². The first-order valence-electron chi connectivity index (χ1n) is 11.6. The molecule has 0 spiro atoms. The first-order valence-corrected chi connectivity index (χ1v) is 11.6. The molecule has 2 unspecified atom stereocenters. The zero-order valence-electron chi connectivity index (χ0n) is 19.1. The summed E-state index contributed by atoms with van der Waals surface area (Å²) in [7, 11) is 0. The average Bonchev–Trinajstić information content (AvgIpc) is 2.96. The molecule has 3 fully saturated rings. The van der Waals surface area contributed by atoms with Crippen LogP contribution in [0.1, 0.15) is 86.0 Å². The van der Waals surface area contributed by atoms with Gasteiger partial charge in [-0.3, -0.25) is 9.59 Å². The van der Waals surface area contributed by atoms with Crippen molar-refractivity contribution in [1.29, 1.82) is 0 Å². The van der Waals surface area contributed by atoms with Crippen molar-refractivity contribution in [3.63, 3.8) is 0 Å². The maximum atomic E-state index is 11.6. The van der Waals surface area contributed by atoms with Crippen LogP contribution >= 0.6 is 0 Å². The molecule has 3 saturated carbocycles. The van der Waals surface area contributed by atoms with Crippen LogP contribution in [0.2, 0.25) is 0 Å². The van der Waals surface area contributed by atoms with Gasteiger partial charge in [0.15, 0.2) is 0 Å². The predicted molar refractivity (Wildman–Crippen MR) is 114 cm³/mol. The van der Waals surface area contributed by atoms with E-state index in [0.29, 0.717) is 23.9 Å². The van der Waals surface area contributed by atoms with Crippen molar-refractivity contribution in [1.82, 2.24) is 0 Å². The quantitative estimate of drug-likeness (QED) is 0.436. The van der Waals surface area contributed by atoms with Gasteiger partial charge in [0.2, 0.25) is 0 Å². The van der Waals surface area contributed by atoms with Crippen LogP contribution in [0, 0.1) is 34.5 Å². The van der Waals surface area contributed by atoms with E-state index in [4.69, 9.17) is 9.47 Å². The third-order valence-corrected chi connectivity index (χ3v) is 9.02. The Morgan fingerprint density at radius 2 is 1.79 bits per heavy atom. The molecule has 0 saturated heterocycles. The van der Waals surface area contributed by atoms with E-state index in [1.165, 1.54) is 51.5 Å². The molecule has 0 aromatic rings. The van der Waals surface area contributed by atoms with Crippen LogP contribution < -0.4 is 0 Å². The van der Waals surface area contributed by atoms with Gasteiger partial charge < -0.3 is 9.47 Å². The third-order valence-electron chi connectivity index (χ3n) is 9.02. The second kappa shape index (κ2) is 8.43. The minimum Gasteiger partial charge on any atom is -0.466 e. The van der Waals surface area contributed by atoms with Crippen LogP contribution in [-0.4, -0.2) is 24.6 Å². The smallest absolute Gasteiger partial charge is 0.302 e. The number of rotatable bonds is 5. The molecule has 3 aliphatic rings. The molecule has 3 rings (SSSR count). The zero-order valence-corrected chi connectivity index (χ0v) is 19.1. The molecule has 0 bridgehead atoms. The lowest BCUT2D eigenvalue weighted by Gasteiger charge is -2.56. The van der Waals surface area contributed by atoms with E-state index >= 15 is 0 Å². The fourth-order valence-electron chi connectivity index (χ4n) is 7.27. The molecule has 0 N–H and O–H groups in total. The van der Waals surface area contributed by atoms with Crippen molar-refractivity contribution >= 4 is 11.9 Å². The van der Waals surface area contributed by atoms with Gasteiger partial charge in [0.1, 0.15) is 6.10 Å². The maximum Gasteiger partial charge on any atom is 0.302 e. The summed E-state index contributed by atoms with van der Waals surface area (Å²) >= 11 is 0. The van der Waals surface area contributed by atoms with Gasteiger partial charge in [0.25, 0.3) is 0 Å². The Morgan fingerprint density at radius 3 is 2.41 bits per heavy atom. The molecule has 3 aliphatic carbocycles. The number of allylic oxidation sites excluding steroid dienone is 1. The highest BCUT2D eigenvalue weighted by Crippen LogP contribution is 2.64. The molecule has 0 aromatic carbocycles. The van der Waals surface area contributed by atoms with E-state index in [9.17, 15) is 9.59 Å². The average molecular weight is 405 g/mol. The Kier molecular flexibility index (Phi) is 6.50. The van der Waals surface area contributed by atoms with E-state index in [1.54, 1.807) is 0 Å². The largest absolute Gasteiger partial charge is 0.466 e. The van der Waals surface area contributed by atoms with Gasteiger partial charge >= 0.3 is 11.9 Å². The number of carbonyl (C=O) groups excluding carboxylic acids is 2. The molecule has 4 nitrogen and oxygen atoms in total. The Bertz CT molecular complexity index is 655. The van der Waals surface area contributed by atoms with Crippen molar-refractivity contribution in [2.75, 3.05) is 6.61 Å². The molecule has 4 heteroatoms. The molecule has 7 atom stereocenters. The molecular formula is C25H40O4. The van der Waals surface area contributed by atoms with E-state index < -0.39 is 0 Å². The topological polar surface area (TPSA) is 52.6 Å². The summed E-state index contributed by atoms with van der Waals surface area (Å²) in [6.45, 7) is 15.0. The standard InChI is InChI=1S/C25H40O4/c1-7-21-22-9-8-16(2)24(22,5)13-11-23(21)25(6)12-10-20(29-18(4)27)14-19(25)15-28-17(3)26/h19-23H,2,7-15H2,1,3-6H3/t19-,20+,21+,22?,23?,24-,25+/m1/s1. The summed E-state index contributed by atoms with van der Waals surface area (Å²) in [6, 6.07) is 0. The second-order valence-electron chi connectivity index (χ2n) is 10.4. The van der Waals surface area contributed by atoms with Gasteiger partial charge in [-0.15, -0.1) is 0 Å². The highest BCUT2D eigenvalue weighted by atomic mass is 16.5. The van der Waals surface area contributed by atoms with E-state index in [1.807, 2.05) is 0 Å². The van der Waals surface area contributed by atoms with E-state index in [-0.39, 0.29) is 29.4 Å². The Labute approximate surface area is 176 Å². The zero-order chi connectivity index (χ0) is 21.4. The summed E-state index contributed by atoms with van der Waals surface area (Å²) in [5, 5.41) is 0. The highest BCUT2D eigenvalue weighted by molar-refractivity contribution is 5.66. The number of esters is 2. The van der Waals surface area contributed by atoms with Crippen LogP contribution in [0.25, 0.3) is 0 Å². The van der Waals surface area contributed by atoms with Crippen molar-refractivity contribution in [2.24, 2.45) is 34.5 Å². The van der Waals surface area contributed by atoms with Gasteiger partial charge in [0.05, 0.1) is 6.61 Å². The van der Waals surface area contributed by atoms with E-state index in [0.717, 1.165) is 25.2 Å². The molecule has 164 valence electrons. The lowest BCUT2D eigenvalue weighted by molar-refractivity contribution is -0.161. The van der Waals surface area contributed by atoms with Gasteiger partial charge in [-0.05, 0) is 73.5 Å². The van der Waals surface area contributed by atoms with Crippen LogP contribution in [0.15, 0.2) is 12.2 Å². The maximum absolute atomic E-state index is 11.6. The second-order valence-corrected chi connectivity index (χ2v) is 10.4. The van der Waals surface area contributed by atoms with E-state index in [2.05, 4.69) is 27.4 Å². The summed E-state index contributed by atoms with van der Waals surface area (Å²) in [6.07, 6.45) is 8.76. The van der Waals surface area contributed by atoms with Crippen molar-refractivity contribution < 1.29 is 19.1 Å². The first kappa shape index (κ1) is 22.4. The Hall–Kier alpha value is -1.32. The summed E-state index contributed by atoms with van der Waals surface area (Å²) in [5.41, 5.74) is 1.87. The minimum atomic E-state index is -0.225. The summed E-state index contributed by atoms with van der Waals surface area (Å²) in [5.74, 6) is 1.82. The number of hydrogen-bond acceptors (Lipinski definition) is 4. The Morgan fingerprint density at radius 1 is 1.07 bits per heavy atom. The molecule has 0 aliphatic heterocycles. The molecule has 0 amide bonds. The van der Waals surface area contributed by atoms with Crippen LogP contribution in [0.4, 0.5) is 0 Å². The summed E-state index contributed by atoms with van der Waals surface area (Å²) in [4.78, 5) is 23.1. The lowest BCUT2D eigenvalue weighted by atomic mass is 9.49. The number of hydrogen-bond donors (Lipinski definition) is 0. The van der Waals surface area contributed by atoms with Gasteiger partial charge in [-0.2, -0.15) is 0 Å². The fraction of sp³-hybridized carbons (Fsp3) is 0.840. The normalized spacial score (nSPS) is 42.2. The van der Waals surface area contributed by atoms with Gasteiger partial charge in [0, 0.05) is 19.8 Å². The van der Waals surface area contributed by atoms with Crippen LogP contribution in [0.3, 0.4) is 0 Å². The number of carbonyl (C=O) groups is 2. The van der Waals surface area contributed by atoms with Crippen molar-refractivity contribution in [3.05, 3.63) is 12.2 Å². The van der Waals surface area contributed by atoms with Crippen molar-refractivity contribution in [2.45, 2.75) is 92.1 Å². The molecule has 0 aromatic heterocycles. The monoisotopic (exact) mass is 404 g/mol. The Balaban J connectivity index is 1.85. The lowest BCUT2D eigenvalue weighted by Crippen LogP contribution is -2.51. The third kappa shape index (κ3) is 4.14. The van der Waals surface area contributed by atoms with Gasteiger partial charge in [-0.25, -0.2) is 0 Å².